The molecular formula is C12H11ISb. The summed E-state index contributed by atoms with van der Waals surface area (Å²) in [7, 11) is 0. The van der Waals surface area contributed by atoms with Crippen LogP contribution < -0.4 is 7.02 Å². The summed E-state index contributed by atoms with van der Waals surface area (Å²) in [6, 6.07) is 21.5. The van der Waals surface area contributed by atoms with Gasteiger partial charge in [-0.2, -0.15) is 0 Å². The molecule has 14 heavy (non-hydrogen) atoms. The Morgan fingerprint density at radius 3 is 1.29 bits per heavy atom. The molecule has 0 atom stereocenters. The molecule has 0 bridgehead atoms. The molecule has 0 aromatic heterocycles. The molecule has 2 aromatic rings. The third-order valence-corrected chi connectivity index (χ3v) is 4.95. The first-order valence-electron chi connectivity index (χ1n) is 4.27. The maximum atomic E-state index is 2.23. The van der Waals surface area contributed by atoms with Crippen LogP contribution in [0.4, 0.5) is 0 Å². The predicted octanol–water partition coefficient (Wildman–Crippen LogP) is 1.96. The summed E-state index contributed by atoms with van der Waals surface area (Å²) >= 11 is -0.335. The molecule has 0 aliphatic carbocycles. The number of hydrogen-bond acceptors (Lipinski definition) is 0. The monoisotopic (exact) mass is 403 g/mol. The van der Waals surface area contributed by atoms with Gasteiger partial charge in [-0.05, 0) is 0 Å². The van der Waals surface area contributed by atoms with Crippen LogP contribution in [0.5, 0.6) is 0 Å². The molecule has 2 aromatic carbocycles. The van der Waals surface area contributed by atoms with Crippen LogP contribution in [0.3, 0.4) is 0 Å². The van der Waals surface area contributed by atoms with Gasteiger partial charge in [-0.25, -0.2) is 0 Å². The molecule has 1 radical (unpaired) electrons. The Morgan fingerprint density at radius 1 is 0.571 bits per heavy atom. The average Bonchev–Trinajstić information content (AvgIpc) is 2.21. The van der Waals surface area contributed by atoms with Gasteiger partial charge in [-0.1, -0.05) is 0 Å². The van der Waals surface area contributed by atoms with Crippen LogP contribution in [-0.4, -0.2) is 21.6 Å². The Balaban J connectivity index is 0.000000980. The number of rotatable bonds is 2. The first-order chi connectivity index (χ1) is 6.45. The molecular weight excluding hydrogens is 393 g/mol. The van der Waals surface area contributed by atoms with Gasteiger partial charge in [0.2, 0.25) is 0 Å². The van der Waals surface area contributed by atoms with Crippen molar-refractivity contribution in [2.75, 3.05) is 0 Å². The molecule has 0 unspecified atom stereocenters. The van der Waals surface area contributed by atoms with E-state index in [4.69, 9.17) is 0 Å². The molecule has 2 rings (SSSR count). The fourth-order valence-corrected chi connectivity index (χ4v) is 3.84. The van der Waals surface area contributed by atoms with Crippen molar-refractivity contribution in [3.8, 4) is 0 Å². The van der Waals surface area contributed by atoms with E-state index < -0.39 is 0 Å². The van der Waals surface area contributed by atoms with Crippen molar-refractivity contribution in [3.63, 3.8) is 0 Å². The van der Waals surface area contributed by atoms with E-state index in [1.165, 1.54) is 7.02 Å². The van der Waals surface area contributed by atoms with Gasteiger partial charge in [-0.15, -0.1) is 24.0 Å². The number of hydrogen-bond donors (Lipinski definition) is 0. The summed E-state index contributed by atoms with van der Waals surface area (Å²) in [6.45, 7) is 0. The van der Waals surface area contributed by atoms with Gasteiger partial charge in [-0.3, -0.25) is 0 Å². The van der Waals surface area contributed by atoms with Crippen LogP contribution >= 0.6 is 24.0 Å². The first kappa shape index (κ1) is 12.1. The minimum absolute atomic E-state index is 0. The van der Waals surface area contributed by atoms with Crippen LogP contribution in [0.25, 0.3) is 0 Å². The molecule has 0 nitrogen and oxygen atoms in total. The van der Waals surface area contributed by atoms with Gasteiger partial charge in [0.15, 0.2) is 0 Å². The van der Waals surface area contributed by atoms with Crippen molar-refractivity contribution in [2.45, 2.75) is 0 Å². The second-order valence-electron chi connectivity index (χ2n) is 2.78. The summed E-state index contributed by atoms with van der Waals surface area (Å²) in [4.78, 5) is 0. The second kappa shape index (κ2) is 6.47. The molecule has 0 spiro atoms. The molecule has 0 aliphatic rings. The fourth-order valence-electron chi connectivity index (χ4n) is 1.15. The van der Waals surface area contributed by atoms with E-state index in [1.807, 2.05) is 0 Å². The van der Waals surface area contributed by atoms with Crippen molar-refractivity contribution in [1.82, 2.24) is 0 Å². The Labute approximate surface area is 112 Å². The minimum atomic E-state index is -0.335. The van der Waals surface area contributed by atoms with Gasteiger partial charge in [0.25, 0.3) is 0 Å². The van der Waals surface area contributed by atoms with Crippen LogP contribution in [0.2, 0.25) is 0 Å². The maximum absolute atomic E-state index is 2.23. The van der Waals surface area contributed by atoms with Gasteiger partial charge in [0.1, 0.15) is 0 Å². The molecule has 0 aliphatic heterocycles. The number of halogens is 1. The van der Waals surface area contributed by atoms with Crippen molar-refractivity contribution in [3.05, 3.63) is 60.7 Å². The van der Waals surface area contributed by atoms with E-state index in [0.717, 1.165) is 0 Å². The van der Waals surface area contributed by atoms with Crippen LogP contribution in [0.15, 0.2) is 60.7 Å². The number of benzene rings is 2. The summed E-state index contributed by atoms with van der Waals surface area (Å²) in [5.74, 6) is 0. The van der Waals surface area contributed by atoms with E-state index in [2.05, 4.69) is 60.7 Å². The van der Waals surface area contributed by atoms with Gasteiger partial charge >= 0.3 is 89.3 Å². The second-order valence-corrected chi connectivity index (χ2v) is 6.37. The van der Waals surface area contributed by atoms with Crippen molar-refractivity contribution >= 4 is 52.6 Å². The average molecular weight is 404 g/mol. The summed E-state index contributed by atoms with van der Waals surface area (Å²) < 4.78 is 3.04. The standard InChI is InChI=1S/2C6H5.HI.Sb/c2*1-2-4-6-5-3-1;;/h2*1-5H;1H;. The molecule has 0 N–H and O–H groups in total. The molecule has 71 valence electrons. The van der Waals surface area contributed by atoms with Crippen molar-refractivity contribution < 1.29 is 0 Å². The van der Waals surface area contributed by atoms with Crippen molar-refractivity contribution in [2.24, 2.45) is 0 Å². The van der Waals surface area contributed by atoms with Gasteiger partial charge in [0.05, 0.1) is 0 Å². The Hall–Kier alpha value is -0.0118. The Kier molecular flexibility index (Phi) is 5.57. The summed E-state index contributed by atoms with van der Waals surface area (Å²) in [5, 5.41) is 0. The first-order valence-corrected chi connectivity index (χ1v) is 6.82. The molecule has 0 heterocycles. The van der Waals surface area contributed by atoms with E-state index in [9.17, 15) is 0 Å². The zero-order valence-corrected chi connectivity index (χ0v) is 12.5. The zero-order chi connectivity index (χ0) is 8.93. The van der Waals surface area contributed by atoms with E-state index >= 15 is 0 Å². The van der Waals surface area contributed by atoms with Crippen LogP contribution in [-0.2, 0) is 0 Å². The molecule has 2 heteroatoms. The SMILES string of the molecule is I.c1cc[c]([Sb][c]2ccccc2)cc1. The predicted molar refractivity (Wildman–Crippen MR) is 73.3 cm³/mol. The van der Waals surface area contributed by atoms with Gasteiger partial charge < -0.3 is 0 Å². The summed E-state index contributed by atoms with van der Waals surface area (Å²) in [5.41, 5.74) is 0. The molecule has 0 fully saturated rings. The third kappa shape index (κ3) is 3.62. The van der Waals surface area contributed by atoms with Crippen LogP contribution in [0.1, 0.15) is 0 Å². The third-order valence-electron chi connectivity index (χ3n) is 1.77. The molecule has 0 saturated heterocycles. The molecule has 0 amide bonds. The van der Waals surface area contributed by atoms with Crippen LogP contribution in [0, 0.1) is 0 Å². The topological polar surface area (TPSA) is 0 Å². The normalized spacial score (nSPS) is 9.14. The Morgan fingerprint density at radius 2 is 0.929 bits per heavy atom. The zero-order valence-electron chi connectivity index (χ0n) is 7.63. The molecule has 0 saturated carbocycles. The van der Waals surface area contributed by atoms with E-state index in [-0.39, 0.29) is 45.6 Å². The van der Waals surface area contributed by atoms with E-state index in [1.54, 1.807) is 0 Å². The summed E-state index contributed by atoms with van der Waals surface area (Å²) in [6.07, 6.45) is 0. The quantitative estimate of drug-likeness (QED) is 0.531. The fraction of sp³-hybridized carbons (Fsp3) is 0. The van der Waals surface area contributed by atoms with Gasteiger partial charge in [0, 0.05) is 0 Å². The Bertz CT molecular complexity index is 321. The van der Waals surface area contributed by atoms with E-state index in [0.29, 0.717) is 0 Å². The van der Waals surface area contributed by atoms with Crippen molar-refractivity contribution in [1.29, 1.82) is 0 Å².